The number of alkyl halides is 3. The van der Waals surface area contributed by atoms with Gasteiger partial charge in [-0.2, -0.15) is 13.2 Å². The van der Waals surface area contributed by atoms with E-state index in [1.165, 1.54) is 0 Å². The molecule has 0 radical (unpaired) electrons. The molecule has 0 aliphatic carbocycles. The molecule has 0 fully saturated rings. The zero-order chi connectivity index (χ0) is 22.6. The van der Waals surface area contributed by atoms with Crippen molar-refractivity contribution >= 4 is 21.8 Å². The molecule has 31 heavy (non-hydrogen) atoms. The normalized spacial score (nSPS) is 15.8. The van der Waals surface area contributed by atoms with Crippen LogP contribution in [0.5, 0.6) is 11.5 Å². The van der Waals surface area contributed by atoms with Gasteiger partial charge in [0.15, 0.2) is 11.5 Å². The number of hydrogen-bond donors (Lipinski definition) is 3. The summed E-state index contributed by atoms with van der Waals surface area (Å²) in [4.78, 5) is 23.3. The molecule has 2 aromatic carbocycles. The number of para-hydroxylation sites is 2. The van der Waals surface area contributed by atoms with Crippen LogP contribution in [0.25, 0.3) is 0 Å². The van der Waals surface area contributed by atoms with Crippen LogP contribution in [0, 0.1) is 0 Å². The number of carbonyl (C=O) groups is 2. The lowest BCUT2D eigenvalue weighted by Gasteiger charge is -2.25. The van der Waals surface area contributed by atoms with Crippen molar-refractivity contribution in [3.05, 3.63) is 54.1 Å². The van der Waals surface area contributed by atoms with Gasteiger partial charge in [0, 0.05) is 0 Å². The molecule has 166 valence electrons. The van der Waals surface area contributed by atoms with Crippen LogP contribution in [-0.4, -0.2) is 39.5 Å². The summed E-state index contributed by atoms with van der Waals surface area (Å²) in [7, 11) is -4.40. The van der Waals surface area contributed by atoms with Gasteiger partial charge in [-0.3, -0.25) is 20.4 Å². The predicted molar refractivity (Wildman–Crippen MR) is 99.3 cm³/mol. The first-order valence-corrected chi connectivity index (χ1v) is 10.2. The summed E-state index contributed by atoms with van der Waals surface area (Å²) in [6, 6.07) is 9.70. The van der Waals surface area contributed by atoms with Gasteiger partial charge in [0.2, 0.25) is 16.1 Å². The van der Waals surface area contributed by atoms with Gasteiger partial charge >= 0.3 is 6.18 Å². The van der Waals surface area contributed by atoms with Crippen molar-refractivity contribution in [1.82, 2.24) is 15.6 Å². The summed E-state index contributed by atoms with van der Waals surface area (Å²) >= 11 is 0. The Morgan fingerprint density at radius 1 is 1.03 bits per heavy atom. The van der Waals surface area contributed by atoms with Crippen LogP contribution < -0.4 is 25.0 Å². The molecule has 3 rings (SSSR count). The topological polar surface area (TPSA) is 123 Å². The summed E-state index contributed by atoms with van der Waals surface area (Å²) in [5.74, 6) is -0.904. The van der Waals surface area contributed by atoms with Gasteiger partial charge < -0.3 is 9.47 Å². The molecule has 13 heteroatoms. The van der Waals surface area contributed by atoms with Gasteiger partial charge in [-0.15, -0.1) is 0 Å². The molecule has 2 aromatic rings. The van der Waals surface area contributed by atoms with Crippen molar-refractivity contribution < 1.29 is 40.7 Å². The second kappa shape index (κ2) is 8.81. The third-order valence-corrected chi connectivity index (χ3v) is 5.42. The number of rotatable bonds is 5. The molecule has 3 N–H and O–H groups in total. The first-order chi connectivity index (χ1) is 14.6. The first kappa shape index (κ1) is 22.4. The van der Waals surface area contributed by atoms with Gasteiger partial charge in [0.05, 0.1) is 17.0 Å². The molecule has 0 aromatic heterocycles. The highest BCUT2D eigenvalue weighted by Crippen LogP contribution is 2.31. The van der Waals surface area contributed by atoms with E-state index in [-0.39, 0.29) is 6.61 Å². The largest absolute Gasteiger partial charge is 0.485 e. The zero-order valence-corrected chi connectivity index (χ0v) is 16.4. The van der Waals surface area contributed by atoms with Crippen molar-refractivity contribution in [3.8, 4) is 11.5 Å². The van der Waals surface area contributed by atoms with E-state index < -0.39 is 51.1 Å². The van der Waals surface area contributed by atoms with E-state index in [0.29, 0.717) is 17.6 Å². The highest BCUT2D eigenvalue weighted by Gasteiger charge is 2.32. The van der Waals surface area contributed by atoms with Crippen LogP contribution in [-0.2, 0) is 25.8 Å². The van der Waals surface area contributed by atoms with Crippen LogP contribution in [0.4, 0.5) is 13.2 Å². The fraction of sp³-hybridized carbons (Fsp3) is 0.222. The number of halogens is 3. The minimum atomic E-state index is -4.72. The number of nitrogens with one attached hydrogen (secondary N) is 3. The summed E-state index contributed by atoms with van der Waals surface area (Å²) in [6.07, 6.45) is -5.78. The highest BCUT2D eigenvalue weighted by molar-refractivity contribution is 7.89. The standard InChI is InChI=1S/C18H16F3N3O6S/c19-18(20,21)11-4-3-5-12(8-11)31(27,28)22-9-16(25)23-24-17(26)15-10-29-13-6-1-2-7-14(13)30-15/h1-8,15,22H,9-10H2,(H,23,25)(H,24,26). The lowest BCUT2D eigenvalue weighted by atomic mass is 10.2. The van der Waals surface area contributed by atoms with Gasteiger partial charge in [-0.05, 0) is 30.3 Å². The maximum Gasteiger partial charge on any atom is 0.416 e. The Hall–Kier alpha value is -3.32. The molecular weight excluding hydrogens is 443 g/mol. The number of amides is 2. The monoisotopic (exact) mass is 459 g/mol. The van der Waals surface area contributed by atoms with E-state index in [0.717, 1.165) is 18.2 Å². The Labute approximate surface area is 174 Å². The summed E-state index contributed by atoms with van der Waals surface area (Å²) < 4.78 is 75.2. The molecule has 1 aliphatic heterocycles. The lowest BCUT2D eigenvalue weighted by molar-refractivity contribution is -0.137. The number of fused-ring (bicyclic) bond motifs is 1. The highest BCUT2D eigenvalue weighted by atomic mass is 32.2. The van der Waals surface area contributed by atoms with Crippen molar-refractivity contribution in [2.75, 3.05) is 13.2 Å². The summed E-state index contributed by atoms with van der Waals surface area (Å²) in [6.45, 7) is -0.940. The molecule has 1 heterocycles. The second-order valence-electron chi connectivity index (χ2n) is 6.25. The van der Waals surface area contributed by atoms with Crippen molar-refractivity contribution in [3.63, 3.8) is 0 Å². The average Bonchev–Trinajstić information content (AvgIpc) is 2.75. The second-order valence-corrected chi connectivity index (χ2v) is 8.02. The van der Waals surface area contributed by atoms with E-state index in [9.17, 15) is 31.2 Å². The number of hydrazine groups is 1. The molecule has 1 unspecified atom stereocenters. The van der Waals surface area contributed by atoms with Gasteiger partial charge in [-0.1, -0.05) is 18.2 Å². The molecule has 0 bridgehead atoms. The fourth-order valence-electron chi connectivity index (χ4n) is 2.49. The predicted octanol–water partition coefficient (Wildman–Crippen LogP) is 0.971. The minimum Gasteiger partial charge on any atom is -0.485 e. The maximum atomic E-state index is 12.7. The van der Waals surface area contributed by atoms with Crippen molar-refractivity contribution in [1.29, 1.82) is 0 Å². The SMILES string of the molecule is O=C(CNS(=O)(=O)c1cccc(C(F)(F)F)c1)NNC(=O)C1COc2ccccc2O1. The molecule has 1 atom stereocenters. The smallest absolute Gasteiger partial charge is 0.416 e. The van der Waals surface area contributed by atoms with Gasteiger partial charge in [0.25, 0.3) is 11.8 Å². The number of hydrogen-bond acceptors (Lipinski definition) is 6. The van der Waals surface area contributed by atoms with E-state index >= 15 is 0 Å². The van der Waals surface area contributed by atoms with Gasteiger partial charge in [0.1, 0.15) is 6.61 Å². The lowest BCUT2D eigenvalue weighted by Crippen LogP contribution is -2.52. The number of benzene rings is 2. The number of ether oxygens (including phenoxy) is 2. The third kappa shape index (κ3) is 5.64. The summed E-state index contributed by atoms with van der Waals surface area (Å²) in [5.41, 5.74) is 2.89. The maximum absolute atomic E-state index is 12.7. The van der Waals surface area contributed by atoms with Crippen LogP contribution >= 0.6 is 0 Å². The molecule has 9 nitrogen and oxygen atoms in total. The van der Waals surface area contributed by atoms with Crippen LogP contribution in [0.2, 0.25) is 0 Å². The molecule has 1 aliphatic rings. The van der Waals surface area contributed by atoms with Crippen LogP contribution in [0.15, 0.2) is 53.4 Å². The van der Waals surface area contributed by atoms with E-state index in [2.05, 4.69) is 5.43 Å². The van der Waals surface area contributed by atoms with Gasteiger partial charge in [-0.25, -0.2) is 13.1 Å². The Kier molecular flexibility index (Phi) is 6.36. The minimum absolute atomic E-state index is 0.110. The molecular formula is C18H16F3N3O6S. The van der Waals surface area contributed by atoms with E-state index in [4.69, 9.17) is 9.47 Å². The molecule has 2 amide bonds. The number of carbonyl (C=O) groups excluding carboxylic acids is 2. The fourth-order valence-corrected chi connectivity index (χ4v) is 3.52. The van der Waals surface area contributed by atoms with Crippen LogP contribution in [0.1, 0.15) is 5.56 Å². The first-order valence-electron chi connectivity index (χ1n) is 8.70. The Balaban J connectivity index is 1.51. The van der Waals surface area contributed by atoms with E-state index in [1.807, 2.05) is 10.1 Å². The molecule has 0 saturated carbocycles. The third-order valence-electron chi connectivity index (χ3n) is 4.02. The van der Waals surface area contributed by atoms with Crippen molar-refractivity contribution in [2.24, 2.45) is 0 Å². The van der Waals surface area contributed by atoms with Crippen LogP contribution in [0.3, 0.4) is 0 Å². The Morgan fingerprint density at radius 3 is 2.45 bits per heavy atom. The molecule has 0 saturated heterocycles. The van der Waals surface area contributed by atoms with Crippen molar-refractivity contribution in [2.45, 2.75) is 17.2 Å². The quantitative estimate of drug-likeness (QED) is 0.573. The Bertz CT molecular complexity index is 1090. The average molecular weight is 459 g/mol. The Morgan fingerprint density at radius 2 is 1.74 bits per heavy atom. The summed E-state index contributed by atoms with van der Waals surface area (Å²) in [5, 5.41) is 0. The van der Waals surface area contributed by atoms with E-state index in [1.54, 1.807) is 24.3 Å². The molecule has 0 spiro atoms. The zero-order valence-electron chi connectivity index (χ0n) is 15.6. The number of sulfonamides is 1.